The summed E-state index contributed by atoms with van der Waals surface area (Å²) in [5.74, 6) is 1.37. The van der Waals surface area contributed by atoms with Gasteiger partial charge >= 0.3 is 0 Å². The summed E-state index contributed by atoms with van der Waals surface area (Å²) >= 11 is 0. The minimum absolute atomic E-state index is 0.00270. The number of phenolic OH excluding ortho intramolecular Hbond substituents is 1. The molecule has 8 heteroatoms. The predicted octanol–water partition coefficient (Wildman–Crippen LogP) is 2.83. The monoisotopic (exact) mass is 447 g/mol. The molecule has 4 rings (SSSR count). The molecule has 2 heterocycles. The zero-order chi connectivity index (χ0) is 23.5. The molecule has 0 saturated carbocycles. The Balaban J connectivity index is 1.57. The number of benzene rings is 2. The fourth-order valence-electron chi connectivity index (χ4n) is 4.01. The molecule has 1 aliphatic heterocycles. The number of piperazine rings is 1. The van der Waals surface area contributed by atoms with Crippen LogP contribution in [0.15, 0.2) is 42.5 Å². The molecule has 1 saturated heterocycles. The number of fused-ring (bicyclic) bond motifs is 1. The van der Waals surface area contributed by atoms with Crippen LogP contribution in [0.25, 0.3) is 22.3 Å². The first kappa shape index (κ1) is 22.5. The van der Waals surface area contributed by atoms with Crippen LogP contribution in [0.5, 0.6) is 5.75 Å². The van der Waals surface area contributed by atoms with E-state index in [0.29, 0.717) is 37.6 Å². The van der Waals surface area contributed by atoms with Crippen molar-refractivity contribution >= 4 is 28.5 Å². The Labute approximate surface area is 193 Å². The quantitative estimate of drug-likeness (QED) is 0.647. The highest BCUT2D eigenvalue weighted by molar-refractivity contribution is 5.92. The molecular weight excluding hydrogens is 418 g/mol. The van der Waals surface area contributed by atoms with Crippen LogP contribution in [0.2, 0.25) is 0 Å². The van der Waals surface area contributed by atoms with Crippen LogP contribution in [0.4, 0.5) is 5.82 Å². The molecule has 33 heavy (non-hydrogen) atoms. The zero-order valence-corrected chi connectivity index (χ0v) is 19.3. The Morgan fingerprint density at radius 2 is 1.73 bits per heavy atom. The molecule has 0 unspecified atom stereocenters. The van der Waals surface area contributed by atoms with Crippen molar-refractivity contribution in [3.05, 3.63) is 48.0 Å². The Bertz CT molecular complexity index is 1190. The Hall–Kier alpha value is -3.68. The van der Waals surface area contributed by atoms with E-state index in [-0.39, 0.29) is 30.4 Å². The fraction of sp³-hybridized carbons (Fsp3) is 0.360. The predicted molar refractivity (Wildman–Crippen MR) is 128 cm³/mol. The van der Waals surface area contributed by atoms with Crippen LogP contribution in [0.1, 0.15) is 18.4 Å². The molecule has 8 nitrogen and oxygen atoms in total. The molecule has 0 radical (unpaired) electrons. The van der Waals surface area contributed by atoms with Gasteiger partial charge in [-0.05, 0) is 36.8 Å². The molecule has 1 aromatic heterocycles. The van der Waals surface area contributed by atoms with Gasteiger partial charge in [0.25, 0.3) is 0 Å². The van der Waals surface area contributed by atoms with Gasteiger partial charge in [-0.25, -0.2) is 9.97 Å². The number of phenols is 1. The number of amides is 2. The van der Waals surface area contributed by atoms with E-state index < -0.39 is 0 Å². The number of aromatic nitrogens is 2. The maximum atomic E-state index is 12.6. The third kappa shape index (κ3) is 4.89. The van der Waals surface area contributed by atoms with Gasteiger partial charge in [-0.1, -0.05) is 18.2 Å². The maximum absolute atomic E-state index is 12.6. The lowest BCUT2D eigenvalue weighted by molar-refractivity contribution is -0.136. The molecule has 0 bridgehead atoms. The molecule has 2 amide bonds. The fourth-order valence-corrected chi connectivity index (χ4v) is 4.01. The van der Waals surface area contributed by atoms with Gasteiger partial charge in [-0.3, -0.25) is 9.59 Å². The van der Waals surface area contributed by atoms with Crippen LogP contribution in [-0.4, -0.2) is 77.0 Å². The molecule has 1 fully saturated rings. The first-order chi connectivity index (χ1) is 15.8. The Morgan fingerprint density at radius 3 is 2.42 bits per heavy atom. The third-order valence-electron chi connectivity index (χ3n) is 5.96. The van der Waals surface area contributed by atoms with Crippen LogP contribution in [0.3, 0.4) is 0 Å². The van der Waals surface area contributed by atoms with Crippen molar-refractivity contribution in [2.45, 2.75) is 19.8 Å². The van der Waals surface area contributed by atoms with Crippen LogP contribution in [-0.2, 0) is 9.59 Å². The number of rotatable bonds is 5. The number of aromatic hydroxyl groups is 1. The average Bonchev–Trinajstić information content (AvgIpc) is 2.81. The lowest BCUT2D eigenvalue weighted by Crippen LogP contribution is -2.49. The van der Waals surface area contributed by atoms with Gasteiger partial charge in [0.2, 0.25) is 11.8 Å². The molecule has 1 aliphatic rings. The number of aryl methyl sites for hydroxylation is 1. The van der Waals surface area contributed by atoms with Crippen molar-refractivity contribution in [1.29, 1.82) is 0 Å². The minimum atomic E-state index is -0.0403. The molecule has 0 spiro atoms. The molecular formula is C25H29N5O3. The van der Waals surface area contributed by atoms with E-state index in [2.05, 4.69) is 4.90 Å². The number of carbonyl (C=O) groups is 2. The van der Waals surface area contributed by atoms with E-state index in [1.54, 1.807) is 26.2 Å². The first-order valence-electron chi connectivity index (χ1n) is 11.1. The third-order valence-corrected chi connectivity index (χ3v) is 5.96. The summed E-state index contributed by atoms with van der Waals surface area (Å²) in [6, 6.07) is 13.1. The summed E-state index contributed by atoms with van der Waals surface area (Å²) < 4.78 is 0. The first-order valence-corrected chi connectivity index (χ1v) is 11.1. The van der Waals surface area contributed by atoms with Gasteiger partial charge in [0.15, 0.2) is 5.82 Å². The summed E-state index contributed by atoms with van der Waals surface area (Å²) in [5, 5.41) is 11.3. The lowest BCUT2D eigenvalue weighted by atomic mass is 10.1. The zero-order valence-electron chi connectivity index (χ0n) is 19.3. The molecule has 0 atom stereocenters. The van der Waals surface area contributed by atoms with Gasteiger partial charge < -0.3 is 19.8 Å². The Morgan fingerprint density at radius 1 is 1.00 bits per heavy atom. The highest BCUT2D eigenvalue weighted by Crippen LogP contribution is 2.32. The van der Waals surface area contributed by atoms with Gasteiger partial charge in [-0.15, -0.1) is 0 Å². The van der Waals surface area contributed by atoms with E-state index in [9.17, 15) is 14.7 Å². The van der Waals surface area contributed by atoms with Crippen molar-refractivity contribution in [3.63, 3.8) is 0 Å². The second-order valence-electron chi connectivity index (χ2n) is 8.56. The van der Waals surface area contributed by atoms with Crippen molar-refractivity contribution in [1.82, 2.24) is 19.8 Å². The summed E-state index contributed by atoms with van der Waals surface area (Å²) in [6.45, 7) is 4.42. The van der Waals surface area contributed by atoms with E-state index in [1.807, 2.05) is 42.2 Å². The van der Waals surface area contributed by atoms with E-state index in [4.69, 9.17) is 9.97 Å². The SMILES string of the molecule is Cc1ccc2c(N3CCN(C(=O)CCC(=O)N(C)C)CC3)nc(-c3ccccc3O)nc2c1. The van der Waals surface area contributed by atoms with Crippen molar-refractivity contribution in [2.75, 3.05) is 45.2 Å². The Kier molecular flexibility index (Phi) is 6.44. The van der Waals surface area contributed by atoms with Gasteiger partial charge in [-0.2, -0.15) is 0 Å². The second kappa shape index (κ2) is 9.44. The topological polar surface area (TPSA) is 89.9 Å². The largest absolute Gasteiger partial charge is 0.507 e. The number of carbonyl (C=O) groups excluding carboxylic acids is 2. The second-order valence-corrected chi connectivity index (χ2v) is 8.56. The molecule has 2 aromatic carbocycles. The van der Waals surface area contributed by atoms with Crippen molar-refractivity contribution < 1.29 is 14.7 Å². The minimum Gasteiger partial charge on any atom is -0.507 e. The van der Waals surface area contributed by atoms with Gasteiger partial charge in [0, 0.05) is 58.5 Å². The van der Waals surface area contributed by atoms with E-state index in [0.717, 1.165) is 22.3 Å². The smallest absolute Gasteiger partial charge is 0.223 e. The summed E-state index contributed by atoms with van der Waals surface area (Å²) in [4.78, 5) is 39.4. The van der Waals surface area contributed by atoms with E-state index >= 15 is 0 Å². The standard InChI is InChI=1S/C25H29N5O3/c1-17-8-9-18-20(16-17)26-24(19-6-4-5-7-21(19)31)27-25(18)30-14-12-29(13-15-30)23(33)11-10-22(32)28(2)3/h4-9,16,31H,10-15H2,1-3H3. The van der Waals surface area contributed by atoms with E-state index in [1.165, 1.54) is 4.90 Å². The molecule has 172 valence electrons. The highest BCUT2D eigenvalue weighted by Gasteiger charge is 2.24. The number of anilines is 1. The van der Waals surface area contributed by atoms with Crippen LogP contribution in [0, 0.1) is 6.92 Å². The summed E-state index contributed by atoms with van der Waals surface area (Å²) in [7, 11) is 3.39. The molecule has 0 aliphatic carbocycles. The van der Waals surface area contributed by atoms with Crippen molar-refractivity contribution in [3.8, 4) is 17.1 Å². The summed E-state index contributed by atoms with van der Waals surface area (Å²) in [6.07, 6.45) is 0.454. The highest BCUT2D eigenvalue weighted by atomic mass is 16.3. The molecule has 3 aromatic rings. The number of hydrogen-bond acceptors (Lipinski definition) is 6. The number of nitrogens with zero attached hydrogens (tertiary/aromatic N) is 5. The normalized spacial score (nSPS) is 13.9. The van der Waals surface area contributed by atoms with Gasteiger partial charge in [0.1, 0.15) is 11.6 Å². The number of para-hydroxylation sites is 1. The number of hydrogen-bond donors (Lipinski definition) is 1. The maximum Gasteiger partial charge on any atom is 0.223 e. The average molecular weight is 448 g/mol. The summed E-state index contributed by atoms with van der Waals surface area (Å²) in [5.41, 5.74) is 2.50. The van der Waals surface area contributed by atoms with Crippen molar-refractivity contribution in [2.24, 2.45) is 0 Å². The molecule has 1 N–H and O–H groups in total. The van der Waals surface area contributed by atoms with Crippen LogP contribution < -0.4 is 4.90 Å². The van der Waals surface area contributed by atoms with Gasteiger partial charge in [0.05, 0.1) is 11.1 Å². The lowest BCUT2D eigenvalue weighted by Gasteiger charge is -2.36. The van der Waals surface area contributed by atoms with Crippen LogP contribution >= 0.6 is 0 Å².